The lowest BCUT2D eigenvalue weighted by Gasteiger charge is -2.36. The van der Waals surface area contributed by atoms with E-state index in [9.17, 15) is 0 Å². The second kappa shape index (κ2) is 46.1. The van der Waals surface area contributed by atoms with Crippen LogP contribution in [0.4, 0.5) is 0 Å². The van der Waals surface area contributed by atoms with Gasteiger partial charge in [-0.2, -0.15) is 0 Å². The van der Waals surface area contributed by atoms with Gasteiger partial charge in [0.1, 0.15) is 0 Å². The SMILES string of the molecule is CC(C)C(C)C.CC(C)CCC(C)C.CC1CC(C)C(C)C(C)C1.CC1CC(C)C(C)C1C.CC1CC(C)C(C)CC1C.CC1CCC(C)C(C)C1C.CN(C)CCN(C)C.Cc1cc(C)cc(-c2cc(C)cc(C)c2)c1.Cc1ccc(-c2ccc(C)c(C)c2)cc1C. The second-order valence-electron chi connectivity index (χ2n) is 34.7. The first kappa shape index (κ1) is 89.8. The monoisotopic (exact) mass is 1280 g/mol. The maximum absolute atomic E-state index is 2.41. The number of aryl methyl sites for hydroxylation is 8. The Hall–Kier alpha value is -3.20. The highest BCUT2D eigenvalue weighted by Gasteiger charge is 2.32. The van der Waals surface area contributed by atoms with Crippen LogP contribution in [0.2, 0.25) is 0 Å². The van der Waals surface area contributed by atoms with Crippen molar-refractivity contribution in [1.82, 2.24) is 9.80 Å². The van der Waals surface area contributed by atoms with Crippen LogP contribution in [0.1, 0.15) is 268 Å². The largest absolute Gasteiger partial charge is 0.308 e. The van der Waals surface area contributed by atoms with Gasteiger partial charge in [-0.25, -0.2) is 0 Å². The highest BCUT2D eigenvalue weighted by Crippen LogP contribution is 2.41. The van der Waals surface area contributed by atoms with Crippen LogP contribution in [0.15, 0.2) is 72.8 Å². The summed E-state index contributed by atoms with van der Waals surface area (Å²) in [7, 11) is 8.35. The molecule has 0 spiro atoms. The minimum Gasteiger partial charge on any atom is -0.308 e. The predicted molar refractivity (Wildman–Crippen MR) is 426 cm³/mol. The van der Waals surface area contributed by atoms with Crippen molar-refractivity contribution < 1.29 is 0 Å². The third-order valence-electron chi connectivity index (χ3n) is 23.6. The molecule has 0 aliphatic heterocycles. The fraction of sp³-hybridized carbons (Fsp3) is 0.736. The molecule has 0 N–H and O–H groups in total. The summed E-state index contributed by atoms with van der Waals surface area (Å²) in [6, 6.07) is 26.8. The molecule has 14 unspecified atom stereocenters. The zero-order chi connectivity index (χ0) is 71.9. The van der Waals surface area contributed by atoms with Gasteiger partial charge in [0.05, 0.1) is 0 Å². The molecule has 0 radical (unpaired) electrons. The van der Waals surface area contributed by atoms with E-state index in [0.717, 1.165) is 131 Å². The Kier molecular flexibility index (Phi) is 44.6. The zero-order valence-electron chi connectivity index (χ0n) is 69.1. The third kappa shape index (κ3) is 37.4. The fourth-order valence-electron chi connectivity index (χ4n) is 13.8. The quantitative estimate of drug-likeness (QED) is 0.165. The van der Waals surface area contributed by atoms with Crippen molar-refractivity contribution in [3.8, 4) is 22.3 Å². The van der Waals surface area contributed by atoms with Gasteiger partial charge in [-0.15, -0.1) is 0 Å². The number of likely N-dealkylation sites (N-methyl/N-ethyl adjacent to an activating group) is 2. The van der Waals surface area contributed by atoms with Gasteiger partial charge in [-0.1, -0.05) is 287 Å². The van der Waals surface area contributed by atoms with E-state index in [1.807, 2.05) is 0 Å². The number of hydrogen-bond donors (Lipinski definition) is 0. The van der Waals surface area contributed by atoms with Gasteiger partial charge in [-0.3, -0.25) is 0 Å². The number of benzene rings is 4. The molecule has 93 heavy (non-hydrogen) atoms. The molecule has 4 aliphatic rings. The van der Waals surface area contributed by atoms with Crippen LogP contribution in [0.25, 0.3) is 22.3 Å². The van der Waals surface area contributed by atoms with Crippen LogP contribution in [-0.4, -0.2) is 51.1 Å². The average molecular weight is 1280 g/mol. The highest BCUT2D eigenvalue weighted by molar-refractivity contribution is 5.67. The van der Waals surface area contributed by atoms with E-state index in [2.05, 4.69) is 332 Å². The Morgan fingerprint density at radius 3 is 0.774 bits per heavy atom. The Balaban J connectivity index is 0.00000104. The van der Waals surface area contributed by atoms with Crippen LogP contribution in [-0.2, 0) is 0 Å². The molecule has 0 aromatic heterocycles. The van der Waals surface area contributed by atoms with Crippen LogP contribution in [0.3, 0.4) is 0 Å². The molecule has 4 aliphatic carbocycles. The number of rotatable bonds is 9. The number of hydrogen-bond acceptors (Lipinski definition) is 2. The third-order valence-corrected chi connectivity index (χ3v) is 23.6. The van der Waals surface area contributed by atoms with Crippen LogP contribution >= 0.6 is 0 Å². The van der Waals surface area contributed by atoms with Crippen molar-refractivity contribution in [2.45, 2.75) is 279 Å². The molecule has 0 saturated heterocycles. The van der Waals surface area contributed by atoms with E-state index in [1.165, 1.54) is 125 Å². The maximum atomic E-state index is 2.41. The summed E-state index contributed by atoms with van der Waals surface area (Å²) < 4.78 is 0. The van der Waals surface area contributed by atoms with Crippen LogP contribution in [0, 0.1) is 174 Å². The molecule has 536 valence electrons. The number of nitrogens with zero attached hydrogens (tertiary/aromatic N) is 2. The van der Waals surface area contributed by atoms with E-state index in [-0.39, 0.29) is 0 Å². The lowest BCUT2D eigenvalue weighted by molar-refractivity contribution is 0.137. The molecule has 8 rings (SSSR count). The van der Waals surface area contributed by atoms with Crippen molar-refractivity contribution >= 4 is 0 Å². The smallest absolute Gasteiger partial charge is 0.0103 e. The van der Waals surface area contributed by atoms with Crippen molar-refractivity contribution in [2.75, 3.05) is 41.3 Å². The normalized spacial score (nSPS) is 27.2. The van der Waals surface area contributed by atoms with Gasteiger partial charge >= 0.3 is 0 Å². The zero-order valence-corrected chi connectivity index (χ0v) is 69.1. The summed E-state index contributed by atoms with van der Waals surface area (Å²) >= 11 is 0. The first-order valence-corrected chi connectivity index (χ1v) is 38.6. The lowest BCUT2D eigenvalue weighted by atomic mass is 9.69. The van der Waals surface area contributed by atoms with E-state index >= 15 is 0 Å². The van der Waals surface area contributed by atoms with Gasteiger partial charge < -0.3 is 9.80 Å². The Bertz CT molecular complexity index is 2310. The first-order chi connectivity index (χ1) is 43.0. The minimum atomic E-state index is 0.852. The summed E-state index contributed by atoms with van der Waals surface area (Å²) in [5.41, 5.74) is 16.0. The highest BCUT2D eigenvalue weighted by atomic mass is 15.1. The van der Waals surface area contributed by atoms with Crippen molar-refractivity contribution in [1.29, 1.82) is 0 Å². The summed E-state index contributed by atoms with van der Waals surface area (Å²) in [5, 5.41) is 0. The molecule has 14 atom stereocenters. The fourth-order valence-corrected chi connectivity index (χ4v) is 13.8. The van der Waals surface area contributed by atoms with E-state index < -0.39 is 0 Å². The average Bonchev–Trinajstić information content (AvgIpc) is 1.68. The molecule has 0 bridgehead atoms. The maximum Gasteiger partial charge on any atom is 0.0103 e. The summed E-state index contributed by atoms with van der Waals surface area (Å²) in [4.78, 5) is 4.36. The van der Waals surface area contributed by atoms with Crippen LogP contribution in [0.5, 0.6) is 0 Å². The van der Waals surface area contributed by atoms with E-state index in [4.69, 9.17) is 0 Å². The predicted octanol–water partition coefficient (Wildman–Crippen LogP) is 27.6. The first-order valence-electron chi connectivity index (χ1n) is 38.6. The van der Waals surface area contributed by atoms with Crippen molar-refractivity contribution in [2.24, 2.45) is 118 Å². The summed E-state index contributed by atoms with van der Waals surface area (Å²) in [6.07, 6.45) is 12.9. The molecular formula is C91H162N2. The molecule has 4 saturated carbocycles. The Labute approximate surface area is 585 Å². The summed E-state index contributed by atoms with van der Waals surface area (Å²) in [6.45, 7) is 75.9. The van der Waals surface area contributed by atoms with Gasteiger partial charge in [0, 0.05) is 13.1 Å². The van der Waals surface area contributed by atoms with Crippen molar-refractivity contribution in [3.63, 3.8) is 0 Å². The van der Waals surface area contributed by atoms with Crippen molar-refractivity contribution in [3.05, 3.63) is 117 Å². The topological polar surface area (TPSA) is 6.48 Å². The molecule has 0 heterocycles. The Morgan fingerprint density at radius 1 is 0.290 bits per heavy atom. The molecule has 2 heteroatoms. The van der Waals surface area contributed by atoms with E-state index in [1.54, 1.807) is 0 Å². The van der Waals surface area contributed by atoms with Gasteiger partial charge in [0.15, 0.2) is 0 Å². The summed E-state index contributed by atoms with van der Waals surface area (Å²) in [5.74, 6) is 18.9. The molecule has 4 aromatic carbocycles. The Morgan fingerprint density at radius 2 is 0.548 bits per heavy atom. The van der Waals surface area contributed by atoms with E-state index in [0.29, 0.717) is 0 Å². The van der Waals surface area contributed by atoms with Gasteiger partial charge in [0.25, 0.3) is 0 Å². The molecule has 4 aromatic rings. The molecule has 2 nitrogen and oxygen atoms in total. The molecular weight excluding hydrogens is 1120 g/mol. The second-order valence-corrected chi connectivity index (χ2v) is 34.7. The molecule has 4 fully saturated rings. The lowest BCUT2D eigenvalue weighted by Crippen LogP contribution is -2.27. The van der Waals surface area contributed by atoms with Crippen LogP contribution < -0.4 is 0 Å². The standard InChI is InChI=1S/2C16H18.3C10H20.C9H18.C8H18.C6H16N2.C6H14/c1-11-5-12(2)8-15(7-11)16-9-13(3)6-14(4)10-16;1-11-5-7-15(9-13(11)3)16-8-6-12(2)14(4)10-16;1-7-5-9(3)10(4)6-8(7)2;1-7-5-8(2)10(4)9(3)6-7;1-7-5-6-8(2)10(4)9(7)3;1-6-5-7(2)9(4)8(6)3;2*1-7(2)5-6-8(3)4;1-5(2)6(3)4/h2*5-10H,1-4H3;3*7-10H,5-6H2,1-4H3;6-9H,5H2,1-4H3;7-8H,5-6H2,1-4H3;5-6H2,1-4H3;5-6H,1-4H3. The van der Waals surface area contributed by atoms with Gasteiger partial charge in [0.2, 0.25) is 0 Å². The minimum absolute atomic E-state index is 0.852. The van der Waals surface area contributed by atoms with Gasteiger partial charge in [-0.05, 0) is 279 Å². The molecule has 0 amide bonds.